The highest BCUT2D eigenvalue weighted by Gasteiger charge is 2.29. The summed E-state index contributed by atoms with van der Waals surface area (Å²) in [6, 6.07) is 10.2. The molecule has 2 atom stereocenters. The van der Waals surface area contributed by atoms with Crippen LogP contribution in [0.5, 0.6) is 0 Å². The monoisotopic (exact) mass is 248 g/mol. The third-order valence-electron chi connectivity index (χ3n) is 2.89. The lowest BCUT2D eigenvalue weighted by Gasteiger charge is -2.24. The van der Waals surface area contributed by atoms with Crippen molar-refractivity contribution in [3.63, 3.8) is 0 Å². The molecule has 3 heteroatoms. The second-order valence-corrected chi connectivity index (χ2v) is 5.28. The van der Waals surface area contributed by atoms with Crippen LogP contribution in [-0.2, 0) is 9.53 Å². The van der Waals surface area contributed by atoms with Crippen LogP contribution in [-0.4, -0.2) is 18.3 Å². The highest BCUT2D eigenvalue weighted by atomic mass is 32.2. The number of esters is 1. The Kier molecular flexibility index (Phi) is 4.26. The van der Waals surface area contributed by atoms with Gasteiger partial charge in [-0.15, -0.1) is 11.8 Å². The van der Waals surface area contributed by atoms with Crippen molar-refractivity contribution >= 4 is 17.7 Å². The van der Waals surface area contributed by atoms with Crippen molar-refractivity contribution in [1.29, 1.82) is 0 Å². The highest BCUT2D eigenvalue weighted by Crippen LogP contribution is 2.34. The van der Waals surface area contributed by atoms with Gasteiger partial charge in [-0.1, -0.05) is 30.4 Å². The minimum Gasteiger partial charge on any atom is -0.469 e. The third-order valence-corrected chi connectivity index (χ3v) is 4.19. The van der Waals surface area contributed by atoms with Gasteiger partial charge in [-0.25, -0.2) is 0 Å². The Balaban J connectivity index is 2.09. The Hall–Kier alpha value is -1.22. The number of carbonyl (C=O) groups excluding carboxylic acids is 1. The first kappa shape index (κ1) is 12.2. The molecule has 0 saturated heterocycles. The summed E-state index contributed by atoms with van der Waals surface area (Å²) in [6.07, 6.45) is 6.13. The van der Waals surface area contributed by atoms with E-state index >= 15 is 0 Å². The molecule has 0 fully saturated rings. The van der Waals surface area contributed by atoms with Gasteiger partial charge < -0.3 is 4.74 Å². The molecule has 0 amide bonds. The minimum absolute atomic E-state index is 0.0183. The molecule has 90 valence electrons. The molecule has 0 bridgehead atoms. The predicted octanol–water partition coefficient (Wildman–Crippen LogP) is 3.29. The van der Waals surface area contributed by atoms with Gasteiger partial charge in [0.2, 0.25) is 0 Å². The topological polar surface area (TPSA) is 26.3 Å². The molecular weight excluding hydrogens is 232 g/mol. The van der Waals surface area contributed by atoms with Crippen LogP contribution >= 0.6 is 11.8 Å². The van der Waals surface area contributed by atoms with Crippen LogP contribution in [0.2, 0.25) is 0 Å². The summed E-state index contributed by atoms with van der Waals surface area (Å²) in [7, 11) is 1.46. The zero-order valence-corrected chi connectivity index (χ0v) is 10.7. The SMILES string of the molecule is COC(=O)[C@@H]1CCC=C[C@@H]1Sc1ccccc1. The second-order valence-electron chi connectivity index (χ2n) is 4.03. The van der Waals surface area contributed by atoms with Gasteiger partial charge in [0.25, 0.3) is 0 Å². The summed E-state index contributed by atoms with van der Waals surface area (Å²) in [5, 5.41) is 0.193. The third kappa shape index (κ3) is 3.13. The number of hydrogen-bond donors (Lipinski definition) is 0. The molecule has 0 aliphatic heterocycles. The molecular formula is C14H16O2S. The average Bonchev–Trinajstić information content (AvgIpc) is 2.40. The van der Waals surface area contributed by atoms with Crippen molar-refractivity contribution in [3.8, 4) is 0 Å². The molecule has 17 heavy (non-hydrogen) atoms. The van der Waals surface area contributed by atoms with Crippen LogP contribution in [0.4, 0.5) is 0 Å². The summed E-state index contributed by atoms with van der Waals surface area (Å²) in [4.78, 5) is 12.9. The number of hydrogen-bond acceptors (Lipinski definition) is 3. The van der Waals surface area contributed by atoms with Gasteiger partial charge >= 0.3 is 5.97 Å². The van der Waals surface area contributed by atoms with Crippen LogP contribution in [0.3, 0.4) is 0 Å². The van der Waals surface area contributed by atoms with Crippen molar-refractivity contribution < 1.29 is 9.53 Å². The summed E-state index contributed by atoms with van der Waals surface area (Å²) >= 11 is 1.73. The zero-order chi connectivity index (χ0) is 12.1. The molecule has 1 aromatic carbocycles. The van der Waals surface area contributed by atoms with Gasteiger partial charge in [-0.2, -0.15) is 0 Å². The summed E-state index contributed by atoms with van der Waals surface area (Å²) in [5.41, 5.74) is 0. The van der Waals surface area contributed by atoms with E-state index in [1.807, 2.05) is 18.2 Å². The van der Waals surface area contributed by atoms with E-state index in [2.05, 4.69) is 24.3 Å². The number of allylic oxidation sites excluding steroid dienone is 1. The molecule has 0 N–H and O–H groups in total. The number of methoxy groups -OCH3 is 1. The number of thioether (sulfide) groups is 1. The van der Waals surface area contributed by atoms with Gasteiger partial charge in [0, 0.05) is 10.1 Å². The van der Waals surface area contributed by atoms with E-state index in [4.69, 9.17) is 4.74 Å². The summed E-state index contributed by atoms with van der Waals surface area (Å²) in [6.45, 7) is 0. The van der Waals surface area contributed by atoms with Crippen molar-refractivity contribution in [1.82, 2.24) is 0 Å². The molecule has 2 nitrogen and oxygen atoms in total. The first-order valence-corrected chi connectivity index (χ1v) is 6.65. The van der Waals surface area contributed by atoms with E-state index < -0.39 is 0 Å². The van der Waals surface area contributed by atoms with Crippen LogP contribution in [0, 0.1) is 5.92 Å². The minimum atomic E-state index is -0.0946. The van der Waals surface area contributed by atoms with E-state index in [9.17, 15) is 4.79 Å². The Bertz CT molecular complexity index is 400. The van der Waals surface area contributed by atoms with E-state index in [1.165, 1.54) is 12.0 Å². The van der Waals surface area contributed by atoms with Crippen molar-refractivity contribution in [2.45, 2.75) is 23.0 Å². The lowest BCUT2D eigenvalue weighted by Crippen LogP contribution is -2.27. The fraction of sp³-hybridized carbons (Fsp3) is 0.357. The molecule has 2 rings (SSSR count). The largest absolute Gasteiger partial charge is 0.469 e. The maximum atomic E-state index is 11.7. The Morgan fingerprint density at radius 2 is 2.12 bits per heavy atom. The smallest absolute Gasteiger partial charge is 0.310 e. The quantitative estimate of drug-likeness (QED) is 0.606. The fourth-order valence-electron chi connectivity index (χ4n) is 1.99. The van der Waals surface area contributed by atoms with Crippen LogP contribution in [0.25, 0.3) is 0 Å². The molecule has 0 radical (unpaired) electrons. The van der Waals surface area contributed by atoms with E-state index in [-0.39, 0.29) is 17.1 Å². The number of benzene rings is 1. The second kappa shape index (κ2) is 5.92. The number of rotatable bonds is 3. The number of carbonyl (C=O) groups is 1. The van der Waals surface area contributed by atoms with Gasteiger partial charge in [0.15, 0.2) is 0 Å². The highest BCUT2D eigenvalue weighted by molar-refractivity contribution is 8.00. The first-order valence-electron chi connectivity index (χ1n) is 5.77. The van der Waals surface area contributed by atoms with Crippen molar-refractivity contribution in [2.75, 3.05) is 7.11 Å². The van der Waals surface area contributed by atoms with Gasteiger partial charge in [0.1, 0.15) is 0 Å². The van der Waals surface area contributed by atoms with Crippen LogP contribution in [0.1, 0.15) is 12.8 Å². The van der Waals surface area contributed by atoms with Crippen molar-refractivity contribution in [2.24, 2.45) is 5.92 Å². The molecule has 0 unspecified atom stereocenters. The van der Waals surface area contributed by atoms with E-state index in [0.29, 0.717) is 0 Å². The first-order chi connectivity index (χ1) is 8.31. The van der Waals surface area contributed by atoms with Gasteiger partial charge in [-0.3, -0.25) is 4.79 Å². The summed E-state index contributed by atoms with van der Waals surface area (Å²) < 4.78 is 4.87. The normalized spacial score (nSPS) is 23.4. The number of ether oxygens (including phenoxy) is 1. The Labute approximate surface area is 106 Å². The Morgan fingerprint density at radius 1 is 1.35 bits per heavy atom. The maximum Gasteiger partial charge on any atom is 0.310 e. The van der Waals surface area contributed by atoms with E-state index in [1.54, 1.807) is 11.8 Å². The van der Waals surface area contributed by atoms with Crippen molar-refractivity contribution in [3.05, 3.63) is 42.5 Å². The molecule has 0 aromatic heterocycles. The molecule has 1 aliphatic carbocycles. The zero-order valence-electron chi connectivity index (χ0n) is 9.84. The molecule has 0 spiro atoms. The lowest BCUT2D eigenvalue weighted by atomic mass is 9.94. The molecule has 1 aliphatic rings. The van der Waals surface area contributed by atoms with Gasteiger partial charge in [0.05, 0.1) is 13.0 Å². The molecule has 0 saturated carbocycles. The average molecular weight is 248 g/mol. The van der Waals surface area contributed by atoms with E-state index in [0.717, 1.165) is 12.8 Å². The standard InChI is InChI=1S/C14H16O2S/c1-16-14(15)12-9-5-6-10-13(12)17-11-7-3-2-4-8-11/h2-4,6-8,10,12-13H,5,9H2,1H3/t12-,13+/m1/s1. The fourth-order valence-corrected chi connectivity index (χ4v) is 3.22. The molecule has 1 aromatic rings. The molecule has 0 heterocycles. The predicted molar refractivity (Wildman–Crippen MR) is 70.0 cm³/mol. The summed E-state index contributed by atoms with van der Waals surface area (Å²) in [5.74, 6) is -0.113. The van der Waals surface area contributed by atoms with Crippen LogP contribution < -0.4 is 0 Å². The Morgan fingerprint density at radius 3 is 2.82 bits per heavy atom. The lowest BCUT2D eigenvalue weighted by molar-refractivity contribution is -0.145. The maximum absolute atomic E-state index is 11.7. The van der Waals surface area contributed by atoms with Gasteiger partial charge in [-0.05, 0) is 25.0 Å². The van der Waals surface area contributed by atoms with Crippen LogP contribution in [0.15, 0.2) is 47.4 Å².